The van der Waals surface area contributed by atoms with Crippen molar-refractivity contribution in [3.63, 3.8) is 0 Å². The van der Waals surface area contributed by atoms with Crippen LogP contribution in [0.15, 0.2) is 30.3 Å². The van der Waals surface area contributed by atoms with E-state index in [-0.39, 0.29) is 23.3 Å². The summed E-state index contributed by atoms with van der Waals surface area (Å²) < 4.78 is 0. The summed E-state index contributed by atoms with van der Waals surface area (Å²) in [6.07, 6.45) is 12.7. The molecule has 1 spiro atoms. The van der Waals surface area contributed by atoms with Crippen molar-refractivity contribution in [2.45, 2.75) is 76.7 Å². The van der Waals surface area contributed by atoms with Crippen LogP contribution in [0.2, 0.25) is 0 Å². The van der Waals surface area contributed by atoms with Crippen molar-refractivity contribution in [3.05, 3.63) is 35.9 Å². The fourth-order valence-electron chi connectivity index (χ4n) is 6.37. The van der Waals surface area contributed by atoms with E-state index >= 15 is 0 Å². The molecule has 1 aromatic rings. The summed E-state index contributed by atoms with van der Waals surface area (Å²) >= 11 is 0. The zero-order valence-electron chi connectivity index (χ0n) is 20.1. The molecule has 33 heavy (non-hydrogen) atoms. The lowest BCUT2D eigenvalue weighted by atomic mass is 9.77. The zero-order valence-corrected chi connectivity index (χ0v) is 20.1. The first-order chi connectivity index (χ1) is 16.1. The lowest BCUT2D eigenvalue weighted by Gasteiger charge is -2.38. The van der Waals surface area contributed by atoms with Crippen molar-refractivity contribution in [1.29, 1.82) is 0 Å². The van der Waals surface area contributed by atoms with Crippen molar-refractivity contribution >= 4 is 11.8 Å². The van der Waals surface area contributed by atoms with E-state index in [9.17, 15) is 9.59 Å². The molecule has 2 amide bonds. The van der Waals surface area contributed by atoms with Crippen LogP contribution in [0.4, 0.5) is 0 Å². The number of carbonyl (C=O) groups excluding carboxylic acids is 2. The van der Waals surface area contributed by atoms with E-state index in [0.717, 1.165) is 77.2 Å². The minimum atomic E-state index is -0.0931. The second kappa shape index (κ2) is 10.2. The number of amides is 2. The quantitative estimate of drug-likeness (QED) is 0.631. The number of hydrogen-bond acceptors (Lipinski definition) is 3. The molecule has 1 aromatic carbocycles. The Morgan fingerprint density at radius 1 is 0.970 bits per heavy atom. The highest BCUT2D eigenvalue weighted by atomic mass is 16.2. The molecule has 0 bridgehead atoms. The summed E-state index contributed by atoms with van der Waals surface area (Å²) in [6.45, 7) is 4.95. The van der Waals surface area contributed by atoms with Crippen LogP contribution in [0.25, 0.3) is 0 Å². The summed E-state index contributed by atoms with van der Waals surface area (Å²) in [7, 11) is 0. The summed E-state index contributed by atoms with van der Waals surface area (Å²) in [5.74, 6) is 1.64. The van der Waals surface area contributed by atoms with Gasteiger partial charge in [-0.15, -0.1) is 0 Å². The van der Waals surface area contributed by atoms with Crippen molar-refractivity contribution < 1.29 is 9.59 Å². The topological polar surface area (TPSA) is 52.7 Å². The van der Waals surface area contributed by atoms with Gasteiger partial charge in [-0.05, 0) is 75.9 Å². The molecule has 180 valence electrons. The number of carbonyl (C=O) groups is 2. The Kier molecular flexibility index (Phi) is 7.05. The predicted octanol–water partition coefficient (Wildman–Crippen LogP) is 4.54. The third-order valence-corrected chi connectivity index (χ3v) is 8.82. The van der Waals surface area contributed by atoms with Gasteiger partial charge in [0.1, 0.15) is 0 Å². The van der Waals surface area contributed by atoms with Gasteiger partial charge >= 0.3 is 0 Å². The van der Waals surface area contributed by atoms with E-state index in [1.807, 2.05) is 6.07 Å². The number of benzene rings is 1. The highest BCUT2D eigenvalue weighted by Gasteiger charge is 2.48. The number of likely N-dealkylation sites (tertiary alicyclic amines) is 2. The minimum Gasteiger partial charge on any atom is -0.349 e. The molecule has 5 heteroatoms. The molecule has 2 saturated heterocycles. The van der Waals surface area contributed by atoms with Gasteiger partial charge in [-0.3, -0.25) is 9.59 Å². The Morgan fingerprint density at radius 2 is 1.67 bits per heavy atom. The summed E-state index contributed by atoms with van der Waals surface area (Å²) in [5.41, 5.74) is 1.11. The Bertz CT molecular complexity index is 808. The van der Waals surface area contributed by atoms with Gasteiger partial charge in [0.15, 0.2) is 0 Å². The van der Waals surface area contributed by atoms with Crippen LogP contribution < -0.4 is 5.32 Å². The Balaban J connectivity index is 1.12. The van der Waals surface area contributed by atoms with Gasteiger partial charge in [-0.1, -0.05) is 49.6 Å². The zero-order chi connectivity index (χ0) is 22.7. The largest absolute Gasteiger partial charge is 0.349 e. The van der Waals surface area contributed by atoms with E-state index in [2.05, 4.69) is 39.4 Å². The molecule has 0 aromatic heterocycles. The van der Waals surface area contributed by atoms with E-state index in [4.69, 9.17) is 0 Å². The smallest absolute Gasteiger partial charge is 0.228 e. The van der Waals surface area contributed by atoms with Crippen molar-refractivity contribution in [2.24, 2.45) is 17.3 Å². The molecular weight excluding hydrogens is 410 g/mol. The van der Waals surface area contributed by atoms with Crippen LogP contribution >= 0.6 is 0 Å². The molecule has 4 fully saturated rings. The summed E-state index contributed by atoms with van der Waals surface area (Å²) in [5, 5.41) is 3.31. The van der Waals surface area contributed by atoms with E-state index < -0.39 is 0 Å². The Hall–Kier alpha value is -1.88. The standard InChI is InChI=1S/C28H41N3O2/c32-26(24-11-12-24)29-25(23-9-5-2-6-10-23)13-17-30-18-14-28(15-19-30)16-20-31(27(28)33)21-22-7-3-1-4-8-22/h2,5-6,9-10,22,24-25H,1,3-4,7-8,11-21H2,(H,29,32). The minimum absolute atomic E-state index is 0.0780. The summed E-state index contributed by atoms with van der Waals surface area (Å²) in [6, 6.07) is 10.5. The molecule has 5 nitrogen and oxygen atoms in total. The Labute approximate surface area is 199 Å². The number of rotatable bonds is 8. The van der Waals surface area contributed by atoms with Crippen LogP contribution in [-0.2, 0) is 9.59 Å². The molecule has 4 aliphatic rings. The maximum Gasteiger partial charge on any atom is 0.228 e. The van der Waals surface area contributed by atoms with Gasteiger partial charge < -0.3 is 15.1 Å². The van der Waals surface area contributed by atoms with Crippen LogP contribution in [0.1, 0.15) is 82.2 Å². The second-order valence-electron chi connectivity index (χ2n) is 11.2. The third kappa shape index (κ3) is 5.45. The Morgan fingerprint density at radius 3 is 2.36 bits per heavy atom. The maximum atomic E-state index is 13.4. The van der Waals surface area contributed by atoms with Crippen LogP contribution in [-0.4, -0.2) is 54.3 Å². The number of piperidine rings is 1. The van der Waals surface area contributed by atoms with Gasteiger partial charge in [-0.25, -0.2) is 0 Å². The molecule has 0 radical (unpaired) electrons. The highest BCUT2D eigenvalue weighted by Crippen LogP contribution is 2.42. The average Bonchev–Trinajstić information content (AvgIpc) is 3.67. The molecule has 2 aliphatic carbocycles. The van der Waals surface area contributed by atoms with Gasteiger partial charge in [0, 0.05) is 25.6 Å². The number of nitrogens with zero attached hydrogens (tertiary/aromatic N) is 2. The lowest BCUT2D eigenvalue weighted by molar-refractivity contribution is -0.139. The molecule has 1 N–H and O–H groups in total. The highest BCUT2D eigenvalue weighted by molar-refractivity contribution is 5.85. The van der Waals surface area contributed by atoms with Crippen molar-refractivity contribution in [3.8, 4) is 0 Å². The van der Waals surface area contributed by atoms with Gasteiger partial charge in [0.25, 0.3) is 0 Å². The number of hydrogen-bond donors (Lipinski definition) is 1. The van der Waals surface area contributed by atoms with Crippen molar-refractivity contribution in [1.82, 2.24) is 15.1 Å². The summed E-state index contributed by atoms with van der Waals surface area (Å²) in [4.78, 5) is 30.5. The van der Waals surface area contributed by atoms with Gasteiger partial charge in [0.05, 0.1) is 11.5 Å². The van der Waals surface area contributed by atoms with Crippen LogP contribution in [0.5, 0.6) is 0 Å². The first-order valence-electron chi connectivity index (χ1n) is 13.5. The first-order valence-corrected chi connectivity index (χ1v) is 13.5. The molecule has 1 atom stereocenters. The second-order valence-corrected chi connectivity index (χ2v) is 11.2. The molecule has 5 rings (SSSR count). The molecule has 2 saturated carbocycles. The fourth-order valence-corrected chi connectivity index (χ4v) is 6.37. The van der Waals surface area contributed by atoms with Gasteiger partial charge in [-0.2, -0.15) is 0 Å². The normalized spacial score (nSPS) is 24.8. The maximum absolute atomic E-state index is 13.4. The number of nitrogens with one attached hydrogen (secondary N) is 1. The van der Waals surface area contributed by atoms with E-state index in [1.165, 1.54) is 37.7 Å². The molecular formula is C28H41N3O2. The van der Waals surface area contributed by atoms with Crippen molar-refractivity contribution in [2.75, 3.05) is 32.7 Å². The third-order valence-electron chi connectivity index (χ3n) is 8.82. The van der Waals surface area contributed by atoms with Crippen LogP contribution in [0, 0.1) is 17.3 Å². The molecule has 1 unspecified atom stereocenters. The fraction of sp³-hybridized carbons (Fsp3) is 0.714. The lowest BCUT2D eigenvalue weighted by Crippen LogP contribution is -2.46. The van der Waals surface area contributed by atoms with Crippen LogP contribution in [0.3, 0.4) is 0 Å². The van der Waals surface area contributed by atoms with E-state index in [0.29, 0.717) is 5.91 Å². The SMILES string of the molecule is O=C(NC(CCN1CCC2(CC1)CCN(CC1CCCCC1)C2=O)c1ccccc1)C1CC1. The predicted molar refractivity (Wildman–Crippen MR) is 131 cm³/mol. The molecule has 2 heterocycles. The van der Waals surface area contributed by atoms with Gasteiger partial charge in [0.2, 0.25) is 11.8 Å². The molecule has 2 aliphatic heterocycles. The van der Waals surface area contributed by atoms with E-state index in [1.54, 1.807) is 0 Å². The first kappa shape index (κ1) is 22.9. The monoisotopic (exact) mass is 451 g/mol. The average molecular weight is 452 g/mol.